The molecule has 1 N–H and O–H groups in total. The Hall–Kier alpha value is -2.04. The summed E-state index contributed by atoms with van der Waals surface area (Å²) in [6.07, 6.45) is 0.161. The number of amides is 2. The molecule has 0 radical (unpaired) electrons. The lowest BCUT2D eigenvalue weighted by Crippen LogP contribution is -2.48. The van der Waals surface area contributed by atoms with Gasteiger partial charge in [-0.3, -0.25) is 9.59 Å². The van der Waals surface area contributed by atoms with Crippen LogP contribution in [0.25, 0.3) is 0 Å². The molecule has 0 aliphatic heterocycles. The molecule has 1 atom stereocenters. The fourth-order valence-corrected chi connectivity index (χ4v) is 3.05. The minimum atomic E-state index is -0.613. The lowest BCUT2D eigenvalue weighted by molar-refractivity contribution is -0.140. The molecular formula is C20H22Cl2N2O2. The van der Waals surface area contributed by atoms with E-state index in [9.17, 15) is 9.59 Å². The van der Waals surface area contributed by atoms with Crippen LogP contribution in [0.1, 0.15) is 25.0 Å². The maximum Gasteiger partial charge on any atom is 0.242 e. The van der Waals surface area contributed by atoms with Crippen LogP contribution >= 0.6 is 23.2 Å². The normalized spacial score (nSPS) is 11.7. The fourth-order valence-electron chi connectivity index (χ4n) is 2.64. The molecule has 0 aliphatic rings. The van der Waals surface area contributed by atoms with E-state index in [0.717, 1.165) is 11.1 Å². The highest BCUT2D eigenvalue weighted by molar-refractivity contribution is 6.31. The molecule has 2 aromatic rings. The molecule has 0 bridgehead atoms. The van der Waals surface area contributed by atoms with Gasteiger partial charge in [0.2, 0.25) is 11.8 Å². The number of benzene rings is 2. The number of halogens is 2. The molecule has 6 heteroatoms. The minimum Gasteiger partial charge on any atom is -0.355 e. The molecule has 138 valence electrons. The average Bonchev–Trinajstić information content (AvgIpc) is 2.60. The van der Waals surface area contributed by atoms with Gasteiger partial charge in [0.15, 0.2) is 0 Å². The van der Waals surface area contributed by atoms with Gasteiger partial charge in [0.05, 0.1) is 6.42 Å². The zero-order valence-electron chi connectivity index (χ0n) is 14.8. The summed E-state index contributed by atoms with van der Waals surface area (Å²) in [4.78, 5) is 26.8. The Kier molecular flexibility index (Phi) is 7.49. The van der Waals surface area contributed by atoms with Crippen molar-refractivity contribution in [1.82, 2.24) is 10.2 Å². The van der Waals surface area contributed by atoms with Crippen LogP contribution in [0.4, 0.5) is 0 Å². The van der Waals surface area contributed by atoms with Gasteiger partial charge in [0, 0.05) is 23.1 Å². The van der Waals surface area contributed by atoms with E-state index >= 15 is 0 Å². The van der Waals surface area contributed by atoms with Crippen molar-refractivity contribution in [2.24, 2.45) is 0 Å². The first-order valence-corrected chi connectivity index (χ1v) is 9.23. The second-order valence-corrected chi connectivity index (χ2v) is 6.83. The van der Waals surface area contributed by atoms with Gasteiger partial charge in [-0.2, -0.15) is 0 Å². The number of hydrogen-bond donors (Lipinski definition) is 1. The lowest BCUT2D eigenvalue weighted by Gasteiger charge is -2.29. The SMILES string of the molecule is CCNC(=O)C(C)N(Cc1ccccc1Cl)C(=O)Cc1cccc(Cl)c1. The predicted octanol–water partition coefficient (Wildman–Crippen LogP) is 4.09. The van der Waals surface area contributed by atoms with Crippen LogP contribution in [0.2, 0.25) is 10.0 Å². The van der Waals surface area contributed by atoms with E-state index in [4.69, 9.17) is 23.2 Å². The largest absolute Gasteiger partial charge is 0.355 e. The van der Waals surface area contributed by atoms with E-state index in [1.165, 1.54) is 0 Å². The van der Waals surface area contributed by atoms with Gasteiger partial charge in [-0.1, -0.05) is 53.5 Å². The summed E-state index contributed by atoms with van der Waals surface area (Å²) in [7, 11) is 0. The maximum absolute atomic E-state index is 12.9. The number of hydrogen-bond acceptors (Lipinski definition) is 2. The number of nitrogens with zero attached hydrogens (tertiary/aromatic N) is 1. The molecule has 0 heterocycles. The van der Waals surface area contributed by atoms with Crippen molar-refractivity contribution in [3.8, 4) is 0 Å². The Morgan fingerprint density at radius 3 is 2.50 bits per heavy atom. The minimum absolute atomic E-state index is 0.161. The van der Waals surface area contributed by atoms with Crippen LogP contribution in [0, 0.1) is 0 Å². The number of likely N-dealkylation sites (N-methyl/N-ethyl adjacent to an activating group) is 1. The fraction of sp³-hybridized carbons (Fsp3) is 0.300. The Morgan fingerprint density at radius 2 is 1.85 bits per heavy atom. The second-order valence-electron chi connectivity index (χ2n) is 5.99. The molecule has 0 saturated carbocycles. The van der Waals surface area contributed by atoms with E-state index in [0.29, 0.717) is 16.6 Å². The highest BCUT2D eigenvalue weighted by Gasteiger charge is 2.26. The van der Waals surface area contributed by atoms with E-state index in [1.54, 1.807) is 36.1 Å². The molecule has 4 nitrogen and oxygen atoms in total. The van der Waals surface area contributed by atoms with Gasteiger partial charge in [-0.15, -0.1) is 0 Å². The van der Waals surface area contributed by atoms with Gasteiger partial charge in [0.1, 0.15) is 6.04 Å². The Bertz CT molecular complexity index is 780. The first-order valence-electron chi connectivity index (χ1n) is 8.47. The summed E-state index contributed by atoms with van der Waals surface area (Å²) in [6, 6.07) is 13.9. The molecule has 1 unspecified atom stereocenters. The number of carbonyl (C=O) groups excluding carboxylic acids is 2. The maximum atomic E-state index is 12.9. The third kappa shape index (κ3) is 5.48. The molecule has 0 saturated heterocycles. The summed E-state index contributed by atoms with van der Waals surface area (Å²) in [6.45, 7) is 4.33. The van der Waals surface area contributed by atoms with Gasteiger partial charge in [0.25, 0.3) is 0 Å². The number of carbonyl (C=O) groups is 2. The van der Waals surface area contributed by atoms with Crippen molar-refractivity contribution in [2.75, 3.05) is 6.54 Å². The van der Waals surface area contributed by atoms with E-state index < -0.39 is 6.04 Å². The molecule has 2 rings (SSSR count). The first-order chi connectivity index (χ1) is 12.4. The van der Waals surface area contributed by atoms with Crippen LogP contribution < -0.4 is 5.32 Å². The summed E-state index contributed by atoms with van der Waals surface area (Å²) in [5.74, 6) is -0.357. The molecule has 2 amide bonds. The first kappa shape index (κ1) is 20.3. The van der Waals surface area contributed by atoms with Crippen molar-refractivity contribution in [1.29, 1.82) is 0 Å². The molecule has 26 heavy (non-hydrogen) atoms. The number of nitrogens with one attached hydrogen (secondary N) is 1. The van der Waals surface area contributed by atoms with Crippen LogP contribution in [-0.4, -0.2) is 29.3 Å². The van der Waals surface area contributed by atoms with E-state index in [-0.39, 0.29) is 24.8 Å². The highest BCUT2D eigenvalue weighted by Crippen LogP contribution is 2.20. The monoisotopic (exact) mass is 392 g/mol. The topological polar surface area (TPSA) is 49.4 Å². The molecule has 0 spiro atoms. The van der Waals surface area contributed by atoms with Crippen molar-refractivity contribution in [3.05, 3.63) is 69.7 Å². The predicted molar refractivity (Wildman–Crippen MR) is 105 cm³/mol. The summed E-state index contributed by atoms with van der Waals surface area (Å²) < 4.78 is 0. The molecule has 0 aliphatic carbocycles. The van der Waals surface area contributed by atoms with Gasteiger partial charge in [-0.05, 0) is 43.2 Å². The van der Waals surface area contributed by atoms with Crippen molar-refractivity contribution in [2.45, 2.75) is 32.9 Å². The van der Waals surface area contributed by atoms with E-state index in [1.807, 2.05) is 31.2 Å². The second kappa shape index (κ2) is 9.60. The summed E-state index contributed by atoms with van der Waals surface area (Å²) >= 11 is 12.2. The third-order valence-electron chi connectivity index (χ3n) is 4.06. The zero-order valence-corrected chi connectivity index (χ0v) is 16.3. The third-order valence-corrected chi connectivity index (χ3v) is 4.67. The Labute approximate surface area is 164 Å². The Balaban J connectivity index is 2.25. The molecule has 2 aromatic carbocycles. The zero-order chi connectivity index (χ0) is 19.1. The van der Waals surface area contributed by atoms with Gasteiger partial charge >= 0.3 is 0 Å². The van der Waals surface area contributed by atoms with Crippen molar-refractivity contribution >= 4 is 35.0 Å². The van der Waals surface area contributed by atoms with Crippen LogP contribution in [0.15, 0.2) is 48.5 Å². The highest BCUT2D eigenvalue weighted by atomic mass is 35.5. The molecular weight excluding hydrogens is 371 g/mol. The van der Waals surface area contributed by atoms with Crippen molar-refractivity contribution in [3.63, 3.8) is 0 Å². The average molecular weight is 393 g/mol. The van der Waals surface area contributed by atoms with Crippen LogP contribution in [-0.2, 0) is 22.6 Å². The molecule has 0 fully saturated rings. The smallest absolute Gasteiger partial charge is 0.242 e. The van der Waals surface area contributed by atoms with Gasteiger partial charge in [-0.25, -0.2) is 0 Å². The Morgan fingerprint density at radius 1 is 1.12 bits per heavy atom. The van der Waals surface area contributed by atoms with Gasteiger partial charge < -0.3 is 10.2 Å². The van der Waals surface area contributed by atoms with Crippen LogP contribution in [0.5, 0.6) is 0 Å². The summed E-state index contributed by atoms with van der Waals surface area (Å²) in [5.41, 5.74) is 1.60. The number of rotatable bonds is 7. The van der Waals surface area contributed by atoms with Crippen LogP contribution in [0.3, 0.4) is 0 Å². The van der Waals surface area contributed by atoms with E-state index in [2.05, 4.69) is 5.32 Å². The quantitative estimate of drug-likeness (QED) is 0.771. The summed E-state index contributed by atoms with van der Waals surface area (Å²) in [5, 5.41) is 3.91. The standard InChI is InChI=1S/C20H22Cl2N2O2/c1-3-23-20(26)14(2)24(13-16-8-4-5-10-18(16)22)19(25)12-15-7-6-9-17(21)11-15/h4-11,14H,3,12-13H2,1-2H3,(H,23,26). The van der Waals surface area contributed by atoms with Crippen molar-refractivity contribution < 1.29 is 9.59 Å². The lowest BCUT2D eigenvalue weighted by atomic mass is 10.1. The molecule has 0 aromatic heterocycles.